The van der Waals surface area contributed by atoms with Gasteiger partial charge in [0.25, 0.3) is 0 Å². The molecule has 0 aliphatic carbocycles. The lowest BCUT2D eigenvalue weighted by Gasteiger charge is -2.11. The fraction of sp³-hybridized carbons (Fsp3) is 0.133. The first-order valence-corrected chi connectivity index (χ1v) is 8.63. The molecular weight excluding hydrogens is 304 g/mol. The Morgan fingerprint density at radius 3 is 2.29 bits per heavy atom. The third kappa shape index (κ3) is 2.57. The van der Waals surface area contributed by atoms with Gasteiger partial charge in [0.1, 0.15) is 5.01 Å². The van der Waals surface area contributed by atoms with Gasteiger partial charge in [0.2, 0.25) is 10.0 Å². The van der Waals surface area contributed by atoms with E-state index in [1.165, 1.54) is 18.4 Å². The van der Waals surface area contributed by atoms with Gasteiger partial charge in [-0.05, 0) is 24.3 Å². The largest absolute Gasteiger partial charge is 0.242 e. The molecule has 4 nitrogen and oxygen atoms in total. The zero-order valence-corrected chi connectivity index (χ0v) is 13.3. The summed E-state index contributed by atoms with van der Waals surface area (Å²) in [4.78, 5) is 4.86. The fourth-order valence-corrected chi connectivity index (χ4v) is 3.85. The van der Waals surface area contributed by atoms with E-state index in [2.05, 4.69) is 4.98 Å². The molecule has 0 atom stereocenters. The Hall–Kier alpha value is -1.76. The van der Waals surface area contributed by atoms with Crippen LogP contribution in [0.5, 0.6) is 0 Å². The van der Waals surface area contributed by atoms with Crippen LogP contribution in [0.2, 0.25) is 0 Å². The van der Waals surface area contributed by atoms with Gasteiger partial charge in [-0.2, -0.15) is 0 Å². The Labute approximate surface area is 127 Å². The second kappa shape index (κ2) is 5.22. The predicted octanol–water partition coefficient (Wildman–Crippen LogP) is 3.21. The number of fused-ring (bicyclic) bond motifs is 1. The normalized spacial score (nSPS) is 12.1. The van der Waals surface area contributed by atoms with Crippen LogP contribution in [0.3, 0.4) is 0 Å². The molecule has 0 aliphatic rings. The number of hydrogen-bond donors (Lipinski definition) is 0. The molecule has 0 spiro atoms. The van der Waals surface area contributed by atoms with E-state index in [0.717, 1.165) is 20.8 Å². The van der Waals surface area contributed by atoms with Crippen LogP contribution >= 0.6 is 11.3 Å². The summed E-state index contributed by atoms with van der Waals surface area (Å²) in [5.41, 5.74) is 1.89. The highest BCUT2D eigenvalue weighted by Gasteiger charge is 2.17. The molecule has 108 valence electrons. The van der Waals surface area contributed by atoms with Crippen molar-refractivity contribution in [2.24, 2.45) is 0 Å². The second-order valence-corrected chi connectivity index (χ2v) is 7.98. The Balaban J connectivity index is 2.01. The highest BCUT2D eigenvalue weighted by atomic mass is 32.2. The van der Waals surface area contributed by atoms with Crippen LogP contribution in [0.25, 0.3) is 20.8 Å². The Morgan fingerprint density at radius 2 is 1.67 bits per heavy atom. The first kappa shape index (κ1) is 14.2. The van der Waals surface area contributed by atoms with Crippen molar-refractivity contribution in [2.45, 2.75) is 4.90 Å². The molecular formula is C15H14N2O2S2. The number of sulfonamides is 1. The van der Waals surface area contributed by atoms with E-state index in [-0.39, 0.29) is 4.90 Å². The molecule has 0 fully saturated rings. The predicted molar refractivity (Wildman–Crippen MR) is 85.9 cm³/mol. The number of thiazole rings is 1. The van der Waals surface area contributed by atoms with Crippen molar-refractivity contribution < 1.29 is 8.42 Å². The average molecular weight is 318 g/mol. The highest BCUT2D eigenvalue weighted by molar-refractivity contribution is 7.89. The summed E-state index contributed by atoms with van der Waals surface area (Å²) in [6, 6.07) is 14.8. The van der Waals surface area contributed by atoms with Crippen molar-refractivity contribution in [1.82, 2.24) is 9.29 Å². The topological polar surface area (TPSA) is 50.3 Å². The van der Waals surface area contributed by atoms with E-state index < -0.39 is 10.0 Å². The van der Waals surface area contributed by atoms with Crippen LogP contribution in [0, 0.1) is 0 Å². The molecule has 2 aromatic carbocycles. The molecule has 1 aromatic heterocycles. The van der Waals surface area contributed by atoms with Gasteiger partial charge in [0.05, 0.1) is 15.1 Å². The van der Waals surface area contributed by atoms with Crippen molar-refractivity contribution in [3.05, 3.63) is 48.5 Å². The summed E-state index contributed by atoms with van der Waals surface area (Å²) < 4.78 is 26.4. The van der Waals surface area contributed by atoms with Crippen LogP contribution in [0.1, 0.15) is 0 Å². The smallest absolute Gasteiger partial charge is 0.236 e. The van der Waals surface area contributed by atoms with Gasteiger partial charge in [-0.15, -0.1) is 11.3 Å². The zero-order chi connectivity index (χ0) is 15.0. The quantitative estimate of drug-likeness (QED) is 0.745. The number of hydrogen-bond acceptors (Lipinski definition) is 4. The standard InChI is InChI=1S/C15H14N2O2S2/c1-17(2)21(18,19)12-9-7-11(8-10-12)15-16-13-5-3-4-6-14(13)20-15/h3-10H,1-2H3. The summed E-state index contributed by atoms with van der Waals surface area (Å²) >= 11 is 1.60. The van der Waals surface area contributed by atoms with Gasteiger partial charge in [0, 0.05) is 19.7 Å². The van der Waals surface area contributed by atoms with Gasteiger partial charge in [-0.1, -0.05) is 24.3 Å². The Morgan fingerprint density at radius 1 is 1.00 bits per heavy atom. The number of benzene rings is 2. The SMILES string of the molecule is CN(C)S(=O)(=O)c1ccc(-c2nc3ccccc3s2)cc1. The Bertz CT molecular complexity index is 848. The van der Waals surface area contributed by atoms with Crippen LogP contribution in [0.4, 0.5) is 0 Å². The van der Waals surface area contributed by atoms with E-state index in [0.29, 0.717) is 0 Å². The Kier molecular flexibility index (Phi) is 3.52. The lowest BCUT2D eigenvalue weighted by atomic mass is 10.2. The molecule has 0 amide bonds. The second-order valence-electron chi connectivity index (χ2n) is 4.80. The van der Waals surface area contributed by atoms with Gasteiger partial charge >= 0.3 is 0 Å². The van der Waals surface area contributed by atoms with E-state index >= 15 is 0 Å². The molecule has 1 heterocycles. The van der Waals surface area contributed by atoms with Gasteiger partial charge < -0.3 is 0 Å². The summed E-state index contributed by atoms with van der Waals surface area (Å²) in [5, 5.41) is 0.894. The lowest BCUT2D eigenvalue weighted by molar-refractivity contribution is 0.521. The monoisotopic (exact) mass is 318 g/mol. The van der Waals surface area contributed by atoms with E-state index in [9.17, 15) is 8.42 Å². The number of nitrogens with zero attached hydrogens (tertiary/aromatic N) is 2. The number of rotatable bonds is 3. The highest BCUT2D eigenvalue weighted by Crippen LogP contribution is 2.30. The zero-order valence-electron chi connectivity index (χ0n) is 11.6. The maximum Gasteiger partial charge on any atom is 0.242 e. The van der Waals surface area contributed by atoms with Crippen molar-refractivity contribution in [3.8, 4) is 10.6 Å². The molecule has 21 heavy (non-hydrogen) atoms. The molecule has 3 rings (SSSR count). The van der Waals surface area contributed by atoms with Crippen molar-refractivity contribution in [3.63, 3.8) is 0 Å². The molecule has 0 aliphatic heterocycles. The van der Waals surface area contributed by atoms with E-state index in [1.807, 2.05) is 24.3 Å². The maximum atomic E-state index is 12.0. The molecule has 0 bridgehead atoms. The molecule has 0 saturated carbocycles. The minimum Gasteiger partial charge on any atom is -0.236 e. The number of para-hydroxylation sites is 1. The molecule has 0 saturated heterocycles. The minimum absolute atomic E-state index is 0.289. The molecule has 0 radical (unpaired) electrons. The number of aromatic nitrogens is 1. The van der Waals surface area contributed by atoms with E-state index in [4.69, 9.17) is 0 Å². The first-order valence-electron chi connectivity index (χ1n) is 6.37. The van der Waals surface area contributed by atoms with Gasteiger partial charge in [-0.25, -0.2) is 17.7 Å². The third-order valence-corrected chi connectivity index (χ3v) is 6.09. The minimum atomic E-state index is -3.38. The van der Waals surface area contributed by atoms with Crippen LogP contribution < -0.4 is 0 Å². The summed E-state index contributed by atoms with van der Waals surface area (Å²) in [6.45, 7) is 0. The molecule has 6 heteroatoms. The van der Waals surface area contributed by atoms with Crippen LogP contribution in [-0.4, -0.2) is 31.8 Å². The third-order valence-electron chi connectivity index (χ3n) is 3.17. The van der Waals surface area contributed by atoms with Gasteiger partial charge in [0.15, 0.2) is 0 Å². The molecule has 0 N–H and O–H groups in total. The van der Waals surface area contributed by atoms with E-state index in [1.54, 1.807) is 35.6 Å². The van der Waals surface area contributed by atoms with Crippen LogP contribution in [0.15, 0.2) is 53.4 Å². The van der Waals surface area contributed by atoms with Crippen molar-refractivity contribution >= 4 is 31.6 Å². The summed E-state index contributed by atoms with van der Waals surface area (Å²) in [7, 11) is -0.335. The summed E-state index contributed by atoms with van der Waals surface area (Å²) in [5.74, 6) is 0. The van der Waals surface area contributed by atoms with Crippen molar-refractivity contribution in [1.29, 1.82) is 0 Å². The average Bonchev–Trinajstić information content (AvgIpc) is 2.91. The summed E-state index contributed by atoms with van der Waals surface area (Å²) in [6.07, 6.45) is 0. The van der Waals surface area contributed by atoms with Gasteiger partial charge in [-0.3, -0.25) is 0 Å². The first-order chi connectivity index (χ1) is 9.98. The molecule has 0 unspecified atom stereocenters. The maximum absolute atomic E-state index is 12.0. The van der Waals surface area contributed by atoms with Crippen LogP contribution in [-0.2, 0) is 10.0 Å². The lowest BCUT2D eigenvalue weighted by Crippen LogP contribution is -2.22. The van der Waals surface area contributed by atoms with Crippen molar-refractivity contribution in [2.75, 3.05) is 14.1 Å². The fourth-order valence-electron chi connectivity index (χ4n) is 1.98. The molecule has 3 aromatic rings.